The molecule has 112 valence electrons. The molecule has 0 fully saturated rings. The zero-order valence-electron chi connectivity index (χ0n) is 11.3. The fraction of sp³-hybridized carbons (Fsp3) is 0.250. The number of para-hydroxylation sites is 1. The van der Waals surface area contributed by atoms with Crippen LogP contribution in [0, 0.1) is 10.1 Å². The van der Waals surface area contributed by atoms with Gasteiger partial charge in [-0.05, 0) is 0 Å². The van der Waals surface area contributed by atoms with Crippen LogP contribution >= 0.6 is 0 Å². The molecule has 0 aliphatic carbocycles. The lowest BCUT2D eigenvalue weighted by atomic mass is 10.2. The minimum atomic E-state index is -3.90. The largest absolute Gasteiger partial charge is 0.329 e. The van der Waals surface area contributed by atoms with Crippen LogP contribution in [0.3, 0.4) is 0 Å². The van der Waals surface area contributed by atoms with Gasteiger partial charge in [0.15, 0.2) is 5.03 Å². The van der Waals surface area contributed by atoms with E-state index in [2.05, 4.69) is 4.98 Å². The topological polar surface area (TPSA) is 121 Å². The van der Waals surface area contributed by atoms with Crippen LogP contribution in [0.1, 0.15) is 18.3 Å². The molecule has 0 bridgehead atoms. The predicted molar refractivity (Wildman–Crippen MR) is 75.2 cm³/mol. The lowest BCUT2D eigenvalue weighted by molar-refractivity contribution is -0.385. The first-order valence-electron chi connectivity index (χ1n) is 6.14. The molecule has 2 aromatic rings. The zero-order valence-corrected chi connectivity index (χ0v) is 12.1. The molecule has 1 aromatic carbocycles. The Hall–Kier alpha value is -2.26. The van der Waals surface area contributed by atoms with Gasteiger partial charge in [0.25, 0.3) is 15.7 Å². The Kier molecular flexibility index (Phi) is 4.05. The monoisotopic (exact) mass is 310 g/mol. The number of hydrogen-bond acceptors (Lipinski definition) is 5. The van der Waals surface area contributed by atoms with Crippen molar-refractivity contribution in [3.63, 3.8) is 0 Å². The highest BCUT2D eigenvalue weighted by atomic mass is 32.2. The van der Waals surface area contributed by atoms with E-state index < -0.39 is 14.9 Å². The highest BCUT2D eigenvalue weighted by Gasteiger charge is 2.18. The number of sulfonamides is 1. The lowest BCUT2D eigenvalue weighted by Crippen LogP contribution is -2.12. The molecular weight excluding hydrogens is 296 g/mol. The molecule has 0 spiro atoms. The SMILES string of the molecule is CCc1nc(S(N)(=O)=O)cn1Cc1ccccc1[N+](=O)[O-]. The second-order valence-corrected chi connectivity index (χ2v) is 5.92. The molecule has 0 aliphatic rings. The summed E-state index contributed by atoms with van der Waals surface area (Å²) in [6.07, 6.45) is 1.78. The smallest absolute Gasteiger partial charge is 0.274 e. The van der Waals surface area contributed by atoms with Crippen molar-refractivity contribution >= 4 is 15.7 Å². The fourth-order valence-corrected chi connectivity index (χ4v) is 2.50. The van der Waals surface area contributed by atoms with Crippen molar-refractivity contribution in [1.82, 2.24) is 9.55 Å². The van der Waals surface area contributed by atoms with Crippen LogP contribution < -0.4 is 5.14 Å². The average Bonchev–Trinajstić information content (AvgIpc) is 2.82. The summed E-state index contributed by atoms with van der Waals surface area (Å²) in [5.74, 6) is 0.497. The quantitative estimate of drug-likeness (QED) is 0.653. The van der Waals surface area contributed by atoms with Crippen LogP contribution in [0.15, 0.2) is 35.5 Å². The third-order valence-electron chi connectivity index (χ3n) is 2.97. The van der Waals surface area contributed by atoms with Gasteiger partial charge in [0.05, 0.1) is 11.5 Å². The standard InChI is InChI=1S/C12H14N4O4S/c1-2-11-14-12(21(13,19)20)8-15(11)7-9-5-3-4-6-10(9)16(17)18/h3-6,8H,2,7H2,1H3,(H2,13,19,20). The van der Waals surface area contributed by atoms with Crippen molar-refractivity contribution in [3.05, 3.63) is 52.0 Å². The van der Waals surface area contributed by atoms with E-state index >= 15 is 0 Å². The van der Waals surface area contributed by atoms with E-state index in [0.29, 0.717) is 17.8 Å². The summed E-state index contributed by atoms with van der Waals surface area (Å²) in [6.45, 7) is 1.97. The van der Waals surface area contributed by atoms with E-state index in [9.17, 15) is 18.5 Å². The number of rotatable bonds is 5. The van der Waals surface area contributed by atoms with Crippen molar-refractivity contribution in [2.45, 2.75) is 24.9 Å². The molecule has 8 nitrogen and oxygen atoms in total. The summed E-state index contributed by atoms with van der Waals surface area (Å²) < 4.78 is 24.2. The van der Waals surface area contributed by atoms with Crippen molar-refractivity contribution < 1.29 is 13.3 Å². The van der Waals surface area contributed by atoms with Gasteiger partial charge in [-0.3, -0.25) is 10.1 Å². The average molecular weight is 310 g/mol. The summed E-state index contributed by atoms with van der Waals surface area (Å²) in [7, 11) is -3.90. The zero-order chi connectivity index (χ0) is 15.6. The molecule has 0 unspecified atom stereocenters. The molecular formula is C12H14N4O4S. The number of aryl methyl sites for hydroxylation is 1. The maximum Gasteiger partial charge on any atom is 0.274 e. The van der Waals surface area contributed by atoms with E-state index in [-0.39, 0.29) is 17.3 Å². The molecule has 2 N–H and O–H groups in total. The van der Waals surface area contributed by atoms with Gasteiger partial charge in [0, 0.05) is 24.2 Å². The first-order valence-corrected chi connectivity index (χ1v) is 7.68. The Balaban J connectivity index is 2.45. The summed E-state index contributed by atoms with van der Waals surface area (Å²) in [5.41, 5.74) is 0.445. The molecule has 0 radical (unpaired) electrons. The Morgan fingerprint density at radius 3 is 2.62 bits per heavy atom. The number of nitrogens with zero attached hydrogens (tertiary/aromatic N) is 3. The van der Waals surface area contributed by atoms with Crippen LogP contribution in [-0.4, -0.2) is 22.9 Å². The van der Waals surface area contributed by atoms with Crippen LogP contribution in [0.2, 0.25) is 0 Å². The van der Waals surface area contributed by atoms with E-state index in [1.54, 1.807) is 22.8 Å². The number of hydrogen-bond donors (Lipinski definition) is 1. The Labute approximate surface area is 121 Å². The van der Waals surface area contributed by atoms with Gasteiger partial charge >= 0.3 is 0 Å². The highest BCUT2D eigenvalue weighted by molar-refractivity contribution is 7.89. The summed E-state index contributed by atoms with van der Waals surface area (Å²) in [4.78, 5) is 14.5. The van der Waals surface area contributed by atoms with Gasteiger partial charge in [0.1, 0.15) is 5.82 Å². The van der Waals surface area contributed by atoms with Crippen molar-refractivity contribution in [2.75, 3.05) is 0 Å². The Morgan fingerprint density at radius 2 is 2.05 bits per heavy atom. The van der Waals surface area contributed by atoms with Crippen LogP contribution in [0.4, 0.5) is 5.69 Å². The molecule has 0 aliphatic heterocycles. The van der Waals surface area contributed by atoms with Gasteiger partial charge < -0.3 is 4.57 Å². The number of nitro groups is 1. The van der Waals surface area contributed by atoms with Crippen molar-refractivity contribution in [2.24, 2.45) is 5.14 Å². The molecule has 0 saturated heterocycles. The Bertz CT molecular complexity index is 782. The van der Waals surface area contributed by atoms with Gasteiger partial charge in [-0.25, -0.2) is 18.5 Å². The minimum Gasteiger partial charge on any atom is -0.329 e. The maximum atomic E-state index is 11.3. The van der Waals surface area contributed by atoms with Crippen molar-refractivity contribution in [3.8, 4) is 0 Å². The molecule has 0 saturated carbocycles. The normalized spacial score (nSPS) is 11.5. The first-order chi connectivity index (χ1) is 9.82. The second kappa shape index (κ2) is 5.62. The molecule has 0 atom stereocenters. The molecule has 0 amide bonds. The van der Waals surface area contributed by atoms with E-state index in [1.807, 2.05) is 6.92 Å². The van der Waals surface area contributed by atoms with Crippen LogP contribution in [-0.2, 0) is 23.0 Å². The number of aromatic nitrogens is 2. The number of primary sulfonamides is 1. The predicted octanol–water partition coefficient (Wildman–Crippen LogP) is 1.05. The maximum absolute atomic E-state index is 11.3. The Morgan fingerprint density at radius 1 is 1.38 bits per heavy atom. The number of nitro benzene ring substituents is 1. The molecule has 1 heterocycles. The minimum absolute atomic E-state index is 0.0228. The van der Waals surface area contributed by atoms with Crippen LogP contribution in [0.5, 0.6) is 0 Å². The lowest BCUT2D eigenvalue weighted by Gasteiger charge is -2.06. The number of imidazole rings is 1. The van der Waals surface area contributed by atoms with E-state index in [1.165, 1.54) is 12.3 Å². The second-order valence-electron chi connectivity index (χ2n) is 4.41. The van der Waals surface area contributed by atoms with Crippen LogP contribution in [0.25, 0.3) is 0 Å². The molecule has 2 rings (SSSR count). The van der Waals surface area contributed by atoms with E-state index in [0.717, 1.165) is 0 Å². The van der Waals surface area contributed by atoms with E-state index in [4.69, 9.17) is 5.14 Å². The third-order valence-corrected chi connectivity index (χ3v) is 3.75. The van der Waals surface area contributed by atoms with Gasteiger partial charge in [0.2, 0.25) is 0 Å². The fourth-order valence-electron chi connectivity index (χ4n) is 1.99. The number of nitrogens with two attached hydrogens (primary N) is 1. The van der Waals surface area contributed by atoms with Crippen molar-refractivity contribution in [1.29, 1.82) is 0 Å². The number of benzene rings is 1. The molecule has 9 heteroatoms. The first kappa shape index (κ1) is 15.1. The third kappa shape index (κ3) is 3.26. The van der Waals surface area contributed by atoms with Gasteiger partial charge in [-0.2, -0.15) is 0 Å². The highest BCUT2D eigenvalue weighted by Crippen LogP contribution is 2.20. The molecule has 21 heavy (non-hydrogen) atoms. The summed E-state index contributed by atoms with van der Waals surface area (Å²) in [5, 5.41) is 15.8. The molecule has 1 aromatic heterocycles. The van der Waals surface area contributed by atoms with Gasteiger partial charge in [-0.1, -0.05) is 25.1 Å². The summed E-state index contributed by atoms with van der Waals surface area (Å²) >= 11 is 0. The van der Waals surface area contributed by atoms with Gasteiger partial charge in [-0.15, -0.1) is 0 Å². The summed E-state index contributed by atoms with van der Waals surface area (Å²) in [6, 6.07) is 6.28.